The van der Waals surface area contributed by atoms with Crippen molar-refractivity contribution < 1.29 is 9.47 Å². The van der Waals surface area contributed by atoms with Gasteiger partial charge in [-0.15, -0.1) is 0 Å². The van der Waals surface area contributed by atoms with Gasteiger partial charge in [0.1, 0.15) is 5.75 Å². The summed E-state index contributed by atoms with van der Waals surface area (Å²) in [5, 5.41) is 0. The second kappa shape index (κ2) is 10.3. The van der Waals surface area contributed by atoms with Gasteiger partial charge in [-0.25, -0.2) is 0 Å². The van der Waals surface area contributed by atoms with Crippen LogP contribution < -0.4 is 4.74 Å². The average Bonchev–Trinajstić information content (AvgIpc) is 3.14. The summed E-state index contributed by atoms with van der Waals surface area (Å²) in [6.07, 6.45) is 12.2. The molecule has 2 aliphatic heterocycles. The number of ether oxygens (including phenoxy) is 2. The van der Waals surface area contributed by atoms with E-state index < -0.39 is 0 Å². The van der Waals surface area contributed by atoms with Crippen LogP contribution in [0, 0.1) is 5.41 Å². The molecule has 29 heavy (non-hydrogen) atoms. The van der Waals surface area contributed by atoms with Crippen molar-refractivity contribution >= 4 is 0 Å². The minimum Gasteiger partial charge on any atom is -0.493 e. The Kier molecular flexibility index (Phi) is 7.49. The van der Waals surface area contributed by atoms with Crippen LogP contribution in [-0.2, 0) is 11.3 Å². The minimum atomic E-state index is 0.386. The largest absolute Gasteiger partial charge is 0.493 e. The zero-order valence-corrected chi connectivity index (χ0v) is 18.4. The van der Waals surface area contributed by atoms with Gasteiger partial charge in [-0.05, 0) is 70.6 Å². The van der Waals surface area contributed by atoms with E-state index in [-0.39, 0.29) is 0 Å². The molecule has 1 aliphatic carbocycles. The molecule has 0 unspecified atom stereocenters. The topological polar surface area (TPSA) is 24.9 Å². The standard InChI is InChI=1S/C25H40N2O2/c1-28-24-12-7-13-25(24)14-8-17-27(21-25)20-22-10-3-4-11-23(22)29-19-9-18-26-15-5-2-6-16-26/h3-4,10-11,24H,2,5-9,12-21H2,1H3/t24-,25+/m1/s1. The highest BCUT2D eigenvalue weighted by molar-refractivity contribution is 5.33. The van der Waals surface area contributed by atoms with Crippen LogP contribution in [0.25, 0.3) is 0 Å². The first-order chi connectivity index (χ1) is 14.3. The summed E-state index contributed by atoms with van der Waals surface area (Å²) in [5.74, 6) is 1.08. The van der Waals surface area contributed by atoms with Gasteiger partial charge in [-0.3, -0.25) is 4.90 Å². The quantitative estimate of drug-likeness (QED) is 0.590. The second-order valence-electron chi connectivity index (χ2n) is 9.51. The molecule has 2 heterocycles. The summed E-state index contributed by atoms with van der Waals surface area (Å²) >= 11 is 0. The van der Waals surface area contributed by atoms with Crippen molar-refractivity contribution in [2.75, 3.05) is 46.4 Å². The molecule has 162 valence electrons. The second-order valence-corrected chi connectivity index (χ2v) is 9.51. The highest BCUT2D eigenvalue weighted by atomic mass is 16.5. The third kappa shape index (κ3) is 5.34. The molecule has 0 radical (unpaired) electrons. The Balaban J connectivity index is 1.30. The van der Waals surface area contributed by atoms with Crippen LogP contribution in [0.15, 0.2) is 24.3 Å². The van der Waals surface area contributed by atoms with Gasteiger partial charge in [-0.1, -0.05) is 31.0 Å². The maximum atomic E-state index is 6.25. The van der Waals surface area contributed by atoms with E-state index in [1.165, 1.54) is 89.7 Å². The van der Waals surface area contributed by atoms with Crippen molar-refractivity contribution in [3.05, 3.63) is 29.8 Å². The van der Waals surface area contributed by atoms with E-state index in [0.29, 0.717) is 11.5 Å². The van der Waals surface area contributed by atoms with E-state index in [1.54, 1.807) is 0 Å². The molecule has 1 aromatic rings. The lowest BCUT2D eigenvalue weighted by atomic mass is 9.76. The van der Waals surface area contributed by atoms with Crippen molar-refractivity contribution in [3.8, 4) is 5.75 Å². The van der Waals surface area contributed by atoms with E-state index in [0.717, 1.165) is 25.3 Å². The number of nitrogens with zero attached hydrogens (tertiary/aromatic N) is 2. The van der Waals surface area contributed by atoms with E-state index in [4.69, 9.17) is 9.47 Å². The molecule has 1 aromatic carbocycles. The van der Waals surface area contributed by atoms with E-state index >= 15 is 0 Å². The summed E-state index contributed by atoms with van der Waals surface area (Å²) in [6.45, 7) is 7.92. The first-order valence-electron chi connectivity index (χ1n) is 12.0. The molecular formula is C25H40N2O2. The lowest BCUT2D eigenvalue weighted by Crippen LogP contribution is -2.47. The molecule has 1 spiro atoms. The van der Waals surface area contributed by atoms with Crippen molar-refractivity contribution in [3.63, 3.8) is 0 Å². The van der Waals surface area contributed by atoms with Gasteiger partial charge in [0.05, 0.1) is 12.7 Å². The van der Waals surface area contributed by atoms with E-state index in [2.05, 4.69) is 34.1 Å². The third-order valence-corrected chi connectivity index (χ3v) is 7.49. The normalized spacial score (nSPS) is 28.8. The van der Waals surface area contributed by atoms with Crippen LogP contribution in [-0.4, -0.2) is 62.3 Å². The summed E-state index contributed by atoms with van der Waals surface area (Å²) in [7, 11) is 1.91. The maximum absolute atomic E-state index is 6.25. The van der Waals surface area contributed by atoms with Gasteiger partial charge in [0.25, 0.3) is 0 Å². The summed E-state index contributed by atoms with van der Waals surface area (Å²) in [4.78, 5) is 5.25. The molecule has 3 aliphatic rings. The Morgan fingerprint density at radius 1 is 0.966 bits per heavy atom. The predicted octanol–water partition coefficient (Wildman–Crippen LogP) is 4.72. The molecule has 3 fully saturated rings. The number of piperidine rings is 2. The number of benzene rings is 1. The number of hydrogen-bond donors (Lipinski definition) is 0. The third-order valence-electron chi connectivity index (χ3n) is 7.49. The fourth-order valence-corrected chi connectivity index (χ4v) is 6.00. The van der Waals surface area contributed by atoms with Crippen LogP contribution in [0.3, 0.4) is 0 Å². The van der Waals surface area contributed by atoms with Crippen molar-refractivity contribution in [2.24, 2.45) is 5.41 Å². The van der Waals surface area contributed by atoms with Crippen LogP contribution in [0.2, 0.25) is 0 Å². The van der Waals surface area contributed by atoms with Crippen LogP contribution >= 0.6 is 0 Å². The van der Waals surface area contributed by atoms with Crippen LogP contribution in [0.5, 0.6) is 5.75 Å². The van der Waals surface area contributed by atoms with Crippen LogP contribution in [0.1, 0.15) is 63.4 Å². The van der Waals surface area contributed by atoms with Crippen molar-refractivity contribution in [1.29, 1.82) is 0 Å². The molecule has 0 aromatic heterocycles. The Hall–Kier alpha value is -1.10. The van der Waals surface area contributed by atoms with Crippen LogP contribution in [0.4, 0.5) is 0 Å². The SMILES string of the molecule is CO[C@@H]1CCC[C@@]12CCCN(Cc1ccccc1OCCCN1CCCCC1)C2. The number of methoxy groups -OCH3 is 1. The fourth-order valence-electron chi connectivity index (χ4n) is 6.00. The van der Waals surface area contributed by atoms with Gasteiger partial charge in [0, 0.05) is 37.7 Å². The Morgan fingerprint density at radius 2 is 1.76 bits per heavy atom. The van der Waals surface area contributed by atoms with Crippen molar-refractivity contribution in [1.82, 2.24) is 9.80 Å². The molecule has 4 nitrogen and oxygen atoms in total. The zero-order valence-electron chi connectivity index (χ0n) is 18.4. The summed E-state index contributed by atoms with van der Waals surface area (Å²) in [5.41, 5.74) is 1.73. The minimum absolute atomic E-state index is 0.386. The molecule has 2 saturated heterocycles. The van der Waals surface area contributed by atoms with Crippen molar-refractivity contribution in [2.45, 2.75) is 70.4 Å². The fraction of sp³-hybridized carbons (Fsp3) is 0.760. The first-order valence-corrected chi connectivity index (χ1v) is 12.0. The van der Waals surface area contributed by atoms with E-state index in [1.807, 2.05) is 7.11 Å². The predicted molar refractivity (Wildman–Crippen MR) is 118 cm³/mol. The molecule has 0 amide bonds. The number of hydrogen-bond acceptors (Lipinski definition) is 4. The van der Waals surface area contributed by atoms with Gasteiger partial charge in [-0.2, -0.15) is 0 Å². The van der Waals surface area contributed by atoms with Gasteiger partial charge in [0.2, 0.25) is 0 Å². The average molecular weight is 401 g/mol. The molecule has 2 atom stereocenters. The Bertz CT molecular complexity index is 631. The molecule has 0 N–H and O–H groups in total. The van der Waals surface area contributed by atoms with Gasteiger partial charge < -0.3 is 14.4 Å². The first kappa shape index (κ1) is 21.1. The monoisotopic (exact) mass is 400 g/mol. The number of likely N-dealkylation sites (tertiary alicyclic amines) is 2. The molecule has 0 bridgehead atoms. The highest BCUT2D eigenvalue weighted by Gasteiger charge is 2.45. The maximum Gasteiger partial charge on any atom is 0.123 e. The summed E-state index contributed by atoms with van der Waals surface area (Å²) < 4.78 is 12.1. The lowest BCUT2D eigenvalue weighted by molar-refractivity contribution is -0.0367. The lowest BCUT2D eigenvalue weighted by Gasteiger charge is -2.43. The Morgan fingerprint density at radius 3 is 2.62 bits per heavy atom. The molecular weight excluding hydrogens is 360 g/mol. The summed E-state index contributed by atoms with van der Waals surface area (Å²) in [6, 6.07) is 8.68. The smallest absolute Gasteiger partial charge is 0.123 e. The zero-order chi connectivity index (χ0) is 19.9. The number of para-hydroxylation sites is 1. The molecule has 4 heteroatoms. The van der Waals surface area contributed by atoms with E-state index in [9.17, 15) is 0 Å². The number of rotatable bonds is 8. The van der Waals surface area contributed by atoms with Gasteiger partial charge >= 0.3 is 0 Å². The molecule has 4 rings (SSSR count). The highest BCUT2D eigenvalue weighted by Crippen LogP contribution is 2.46. The Labute approximate surface area is 177 Å². The molecule has 1 saturated carbocycles. The van der Waals surface area contributed by atoms with Gasteiger partial charge in [0.15, 0.2) is 0 Å².